The van der Waals surface area contributed by atoms with E-state index in [4.69, 9.17) is 0 Å². The molecule has 0 aromatic heterocycles. The standard InChI is InChI=1S/C17H28N2O.ClH/c1-17(2)6-3-7-18-12(17)9-19-16(20)15-13-10-4-5-11(8-10)14(13)15;/h10-15,18H,3-9H2,1-2H3,(H,19,20);1H. The Hall–Kier alpha value is -0.280. The van der Waals surface area contributed by atoms with Crippen molar-refractivity contribution in [2.24, 2.45) is 35.0 Å². The Morgan fingerprint density at radius 1 is 1.24 bits per heavy atom. The Labute approximate surface area is 134 Å². The summed E-state index contributed by atoms with van der Waals surface area (Å²) in [5, 5.41) is 6.86. The predicted octanol–water partition coefficient (Wildman–Crippen LogP) is 2.59. The van der Waals surface area contributed by atoms with Gasteiger partial charge in [-0.2, -0.15) is 0 Å². The molecule has 2 N–H and O–H groups in total. The number of rotatable bonds is 3. The minimum absolute atomic E-state index is 0. The van der Waals surface area contributed by atoms with Crippen molar-refractivity contribution in [3.05, 3.63) is 0 Å². The zero-order chi connectivity index (χ0) is 13.9. The molecule has 4 aliphatic rings. The van der Waals surface area contributed by atoms with E-state index in [1.54, 1.807) is 0 Å². The van der Waals surface area contributed by atoms with Crippen LogP contribution in [-0.2, 0) is 4.79 Å². The normalized spacial score (nSPS) is 45.6. The maximum atomic E-state index is 12.5. The van der Waals surface area contributed by atoms with Gasteiger partial charge in [-0.15, -0.1) is 12.4 Å². The third kappa shape index (κ3) is 2.50. The van der Waals surface area contributed by atoms with E-state index in [-0.39, 0.29) is 12.4 Å². The highest BCUT2D eigenvalue weighted by molar-refractivity contribution is 5.85. The molecule has 0 aromatic rings. The van der Waals surface area contributed by atoms with Crippen molar-refractivity contribution < 1.29 is 4.79 Å². The molecule has 4 fully saturated rings. The van der Waals surface area contributed by atoms with E-state index in [1.165, 1.54) is 32.1 Å². The van der Waals surface area contributed by atoms with Crippen LogP contribution in [0.3, 0.4) is 0 Å². The molecule has 1 aliphatic heterocycles. The minimum atomic E-state index is 0. The van der Waals surface area contributed by atoms with Gasteiger partial charge >= 0.3 is 0 Å². The second-order valence-electron chi connectivity index (χ2n) is 8.36. The number of piperidine rings is 1. The van der Waals surface area contributed by atoms with E-state index in [0.717, 1.165) is 36.8 Å². The van der Waals surface area contributed by atoms with Crippen molar-refractivity contribution in [2.45, 2.75) is 52.0 Å². The highest BCUT2D eigenvalue weighted by Crippen LogP contribution is 2.69. The molecule has 1 saturated heterocycles. The largest absolute Gasteiger partial charge is 0.354 e. The number of halogens is 1. The lowest BCUT2D eigenvalue weighted by atomic mass is 9.77. The van der Waals surface area contributed by atoms with Crippen LogP contribution >= 0.6 is 12.4 Å². The lowest BCUT2D eigenvalue weighted by molar-refractivity contribution is -0.123. The fraction of sp³-hybridized carbons (Fsp3) is 0.941. The average Bonchev–Trinajstić information content (AvgIpc) is 2.85. The van der Waals surface area contributed by atoms with Gasteiger partial charge in [0.05, 0.1) is 0 Å². The van der Waals surface area contributed by atoms with E-state index < -0.39 is 0 Å². The Morgan fingerprint density at radius 2 is 1.90 bits per heavy atom. The summed E-state index contributed by atoms with van der Waals surface area (Å²) in [6, 6.07) is 0.440. The van der Waals surface area contributed by atoms with Crippen LogP contribution in [-0.4, -0.2) is 25.0 Å². The second-order valence-corrected chi connectivity index (χ2v) is 8.36. The van der Waals surface area contributed by atoms with Crippen LogP contribution < -0.4 is 10.6 Å². The molecule has 5 unspecified atom stereocenters. The van der Waals surface area contributed by atoms with Crippen LogP contribution in [0.2, 0.25) is 0 Å². The molecular formula is C17H29ClN2O. The SMILES string of the molecule is CC1(C)CCCNC1CNC(=O)C1C2C3CCC(C3)C12.Cl. The summed E-state index contributed by atoms with van der Waals surface area (Å²) in [4.78, 5) is 12.5. The molecule has 3 nitrogen and oxygen atoms in total. The zero-order valence-corrected chi connectivity index (χ0v) is 14.0. The van der Waals surface area contributed by atoms with E-state index in [9.17, 15) is 4.79 Å². The Balaban J connectivity index is 0.00000132. The number of carbonyl (C=O) groups is 1. The van der Waals surface area contributed by atoms with Crippen molar-refractivity contribution in [3.63, 3.8) is 0 Å². The second kappa shape index (κ2) is 5.42. The molecule has 21 heavy (non-hydrogen) atoms. The minimum Gasteiger partial charge on any atom is -0.354 e. The molecule has 1 amide bonds. The first-order valence-electron chi connectivity index (χ1n) is 8.59. The lowest BCUT2D eigenvalue weighted by Gasteiger charge is -2.39. The highest BCUT2D eigenvalue weighted by Gasteiger charge is 2.67. The fourth-order valence-electron chi connectivity index (χ4n) is 5.62. The first-order chi connectivity index (χ1) is 9.58. The number of carbonyl (C=O) groups excluding carboxylic acids is 1. The first-order valence-corrected chi connectivity index (χ1v) is 8.59. The molecule has 4 rings (SSSR count). The molecule has 0 spiro atoms. The van der Waals surface area contributed by atoms with Gasteiger partial charge in [-0.1, -0.05) is 13.8 Å². The van der Waals surface area contributed by atoms with Crippen LogP contribution in [0.25, 0.3) is 0 Å². The van der Waals surface area contributed by atoms with Gasteiger partial charge in [0, 0.05) is 18.5 Å². The van der Waals surface area contributed by atoms with Crippen LogP contribution in [0.15, 0.2) is 0 Å². The summed E-state index contributed by atoms with van der Waals surface area (Å²) in [5.41, 5.74) is 0.310. The number of amides is 1. The average molecular weight is 313 g/mol. The third-order valence-corrected chi connectivity index (χ3v) is 6.85. The van der Waals surface area contributed by atoms with Crippen molar-refractivity contribution >= 4 is 18.3 Å². The number of hydrogen-bond acceptors (Lipinski definition) is 2. The van der Waals surface area contributed by atoms with Gasteiger partial charge in [-0.25, -0.2) is 0 Å². The number of fused-ring (bicyclic) bond motifs is 5. The van der Waals surface area contributed by atoms with E-state index in [1.807, 2.05) is 0 Å². The molecule has 3 aliphatic carbocycles. The van der Waals surface area contributed by atoms with Gasteiger partial charge in [0.1, 0.15) is 0 Å². The summed E-state index contributed by atoms with van der Waals surface area (Å²) in [6.07, 6.45) is 6.74. The first kappa shape index (κ1) is 15.6. The van der Waals surface area contributed by atoms with Crippen molar-refractivity contribution in [1.82, 2.24) is 10.6 Å². The maximum Gasteiger partial charge on any atom is 0.223 e. The number of hydrogen-bond donors (Lipinski definition) is 2. The molecule has 0 radical (unpaired) electrons. The highest BCUT2D eigenvalue weighted by atomic mass is 35.5. The van der Waals surface area contributed by atoms with Crippen LogP contribution in [0.1, 0.15) is 46.0 Å². The smallest absolute Gasteiger partial charge is 0.223 e. The van der Waals surface area contributed by atoms with Gasteiger partial charge in [0.25, 0.3) is 0 Å². The van der Waals surface area contributed by atoms with Crippen molar-refractivity contribution in [1.29, 1.82) is 0 Å². The van der Waals surface area contributed by atoms with Gasteiger partial charge in [-0.3, -0.25) is 4.79 Å². The van der Waals surface area contributed by atoms with E-state index in [0.29, 0.717) is 23.3 Å². The molecule has 2 bridgehead atoms. The Bertz CT molecular complexity index is 409. The van der Waals surface area contributed by atoms with Gasteiger partial charge in [-0.05, 0) is 67.7 Å². The van der Waals surface area contributed by atoms with Gasteiger partial charge in [0.2, 0.25) is 5.91 Å². The molecule has 120 valence electrons. The summed E-state index contributed by atoms with van der Waals surface area (Å²) in [5.74, 6) is 4.06. The lowest BCUT2D eigenvalue weighted by Crippen LogP contribution is -2.53. The topological polar surface area (TPSA) is 41.1 Å². The summed E-state index contributed by atoms with van der Waals surface area (Å²) >= 11 is 0. The van der Waals surface area contributed by atoms with E-state index in [2.05, 4.69) is 24.5 Å². The molecule has 5 atom stereocenters. The van der Waals surface area contributed by atoms with Crippen LogP contribution in [0.4, 0.5) is 0 Å². The summed E-state index contributed by atoms with van der Waals surface area (Å²) in [7, 11) is 0. The Kier molecular flexibility index (Phi) is 4.03. The molecule has 3 saturated carbocycles. The summed E-state index contributed by atoms with van der Waals surface area (Å²) < 4.78 is 0. The third-order valence-electron chi connectivity index (χ3n) is 6.85. The quantitative estimate of drug-likeness (QED) is 0.841. The van der Waals surface area contributed by atoms with Gasteiger partial charge in [0.15, 0.2) is 0 Å². The Morgan fingerprint density at radius 3 is 2.52 bits per heavy atom. The van der Waals surface area contributed by atoms with Gasteiger partial charge < -0.3 is 10.6 Å². The molecule has 4 heteroatoms. The van der Waals surface area contributed by atoms with Crippen LogP contribution in [0, 0.1) is 35.0 Å². The fourth-order valence-corrected chi connectivity index (χ4v) is 5.62. The van der Waals surface area contributed by atoms with Crippen molar-refractivity contribution in [3.8, 4) is 0 Å². The zero-order valence-electron chi connectivity index (χ0n) is 13.2. The van der Waals surface area contributed by atoms with E-state index >= 15 is 0 Å². The summed E-state index contributed by atoms with van der Waals surface area (Å²) in [6.45, 7) is 6.56. The molecule has 0 aromatic carbocycles. The number of nitrogens with one attached hydrogen (secondary N) is 2. The monoisotopic (exact) mass is 312 g/mol. The molecule has 1 heterocycles. The predicted molar refractivity (Wildman–Crippen MR) is 86.4 cm³/mol. The molecular weight excluding hydrogens is 284 g/mol. The van der Waals surface area contributed by atoms with Crippen molar-refractivity contribution in [2.75, 3.05) is 13.1 Å². The maximum absolute atomic E-state index is 12.5. The van der Waals surface area contributed by atoms with Crippen LogP contribution in [0.5, 0.6) is 0 Å².